The Morgan fingerprint density at radius 1 is 1.12 bits per heavy atom. The Balaban J connectivity index is 1.57. The summed E-state index contributed by atoms with van der Waals surface area (Å²) in [5.74, 6) is 1.08. The minimum absolute atomic E-state index is 0.0848. The minimum Gasteiger partial charge on any atom is -0.310 e. The van der Waals surface area contributed by atoms with Gasteiger partial charge in [-0.25, -0.2) is 4.98 Å². The highest BCUT2D eigenvalue weighted by Gasteiger charge is 2.08. The number of pyridine rings is 1. The topological polar surface area (TPSA) is 59.8 Å². The van der Waals surface area contributed by atoms with Crippen LogP contribution in [0.2, 0.25) is 0 Å². The Labute approximate surface area is 154 Å². The van der Waals surface area contributed by atoms with E-state index in [2.05, 4.69) is 41.4 Å². The number of amides is 1. The molecule has 1 N–H and O–H groups in total. The quantitative estimate of drug-likeness (QED) is 0.708. The van der Waals surface area contributed by atoms with Crippen molar-refractivity contribution >= 4 is 11.7 Å². The van der Waals surface area contributed by atoms with Gasteiger partial charge < -0.3 is 5.32 Å². The van der Waals surface area contributed by atoms with Crippen molar-refractivity contribution in [1.82, 2.24) is 14.8 Å². The van der Waals surface area contributed by atoms with Crippen molar-refractivity contribution in [2.75, 3.05) is 5.32 Å². The number of hydrogen-bond acceptors (Lipinski definition) is 3. The fourth-order valence-electron chi connectivity index (χ4n) is 2.87. The highest BCUT2D eigenvalue weighted by Crippen LogP contribution is 2.12. The second-order valence-electron chi connectivity index (χ2n) is 6.90. The maximum absolute atomic E-state index is 12.3. The molecule has 3 aromatic rings. The molecule has 134 valence electrons. The number of carbonyl (C=O) groups excluding carboxylic acids is 1. The van der Waals surface area contributed by atoms with Gasteiger partial charge in [0.25, 0.3) is 0 Å². The van der Waals surface area contributed by atoms with Crippen molar-refractivity contribution in [2.45, 2.75) is 33.2 Å². The molecule has 0 unspecified atom stereocenters. The zero-order chi connectivity index (χ0) is 18.4. The molecule has 0 aliphatic rings. The largest absolute Gasteiger partial charge is 0.310 e. The van der Waals surface area contributed by atoms with Gasteiger partial charge in [-0.05, 0) is 41.2 Å². The van der Waals surface area contributed by atoms with E-state index in [0.29, 0.717) is 18.3 Å². The molecule has 1 amide bonds. The molecule has 0 radical (unpaired) electrons. The predicted octanol–water partition coefficient (Wildman–Crippen LogP) is 3.71. The summed E-state index contributed by atoms with van der Waals surface area (Å²) in [6.45, 7) is 5.04. The molecular weight excluding hydrogens is 324 g/mol. The van der Waals surface area contributed by atoms with E-state index in [4.69, 9.17) is 0 Å². The SMILES string of the molecule is CC(C)Cc1ccnc(NC(=O)Cc2cnn(Cc3ccccc3)c2)c1. The standard InChI is InChI=1S/C21H24N4O/c1-16(2)10-18-8-9-22-20(11-18)24-21(26)12-19-13-23-25(15-19)14-17-6-4-3-5-7-17/h3-9,11,13,15-16H,10,12,14H2,1-2H3,(H,22,24,26). The molecule has 0 saturated carbocycles. The van der Waals surface area contributed by atoms with E-state index in [0.717, 1.165) is 12.0 Å². The van der Waals surface area contributed by atoms with Crippen LogP contribution in [0.5, 0.6) is 0 Å². The first-order valence-corrected chi connectivity index (χ1v) is 8.88. The van der Waals surface area contributed by atoms with Crippen LogP contribution in [-0.4, -0.2) is 20.7 Å². The van der Waals surface area contributed by atoms with Crippen molar-refractivity contribution < 1.29 is 4.79 Å². The Morgan fingerprint density at radius 3 is 2.69 bits per heavy atom. The van der Waals surface area contributed by atoms with Gasteiger partial charge >= 0.3 is 0 Å². The fourth-order valence-corrected chi connectivity index (χ4v) is 2.87. The van der Waals surface area contributed by atoms with Crippen LogP contribution in [0.15, 0.2) is 61.1 Å². The van der Waals surface area contributed by atoms with Crippen molar-refractivity contribution in [3.63, 3.8) is 0 Å². The predicted molar refractivity (Wildman–Crippen MR) is 103 cm³/mol. The van der Waals surface area contributed by atoms with E-state index in [1.807, 2.05) is 41.2 Å². The van der Waals surface area contributed by atoms with Gasteiger partial charge in [-0.15, -0.1) is 0 Å². The van der Waals surface area contributed by atoms with E-state index >= 15 is 0 Å². The van der Waals surface area contributed by atoms with Gasteiger partial charge in [-0.3, -0.25) is 9.48 Å². The zero-order valence-corrected chi connectivity index (χ0v) is 15.2. The molecule has 3 rings (SSSR count). The molecule has 0 spiro atoms. The average Bonchev–Trinajstić information content (AvgIpc) is 3.02. The molecule has 0 fully saturated rings. The summed E-state index contributed by atoms with van der Waals surface area (Å²) in [6, 6.07) is 14.1. The summed E-state index contributed by atoms with van der Waals surface area (Å²) in [7, 11) is 0. The third-order valence-electron chi connectivity index (χ3n) is 3.97. The van der Waals surface area contributed by atoms with Crippen molar-refractivity contribution in [2.24, 2.45) is 5.92 Å². The Kier molecular flexibility index (Phi) is 5.79. The summed E-state index contributed by atoms with van der Waals surface area (Å²) >= 11 is 0. The van der Waals surface area contributed by atoms with Crippen molar-refractivity contribution in [1.29, 1.82) is 0 Å². The summed E-state index contributed by atoms with van der Waals surface area (Å²) in [6.07, 6.45) is 6.65. The molecule has 26 heavy (non-hydrogen) atoms. The zero-order valence-electron chi connectivity index (χ0n) is 15.2. The number of carbonyl (C=O) groups is 1. The van der Waals surface area contributed by atoms with Gasteiger partial charge in [-0.2, -0.15) is 5.10 Å². The smallest absolute Gasteiger partial charge is 0.230 e. The molecule has 5 nitrogen and oxygen atoms in total. The van der Waals surface area contributed by atoms with Crippen LogP contribution in [0.25, 0.3) is 0 Å². The lowest BCUT2D eigenvalue weighted by Gasteiger charge is -2.08. The number of nitrogens with one attached hydrogen (secondary N) is 1. The highest BCUT2D eigenvalue weighted by molar-refractivity contribution is 5.91. The van der Waals surface area contributed by atoms with Crippen LogP contribution in [-0.2, 0) is 24.2 Å². The first-order valence-electron chi connectivity index (χ1n) is 8.88. The van der Waals surface area contributed by atoms with E-state index in [-0.39, 0.29) is 12.3 Å². The summed E-state index contributed by atoms with van der Waals surface area (Å²) in [5, 5.41) is 7.22. The number of aromatic nitrogens is 3. The van der Waals surface area contributed by atoms with E-state index in [1.54, 1.807) is 12.4 Å². The molecule has 0 aliphatic heterocycles. The van der Waals surface area contributed by atoms with E-state index < -0.39 is 0 Å². The van der Waals surface area contributed by atoms with Gasteiger partial charge in [0.05, 0.1) is 19.2 Å². The number of anilines is 1. The normalized spacial score (nSPS) is 10.9. The van der Waals surface area contributed by atoms with Crippen molar-refractivity contribution in [3.05, 3.63) is 77.7 Å². The number of rotatable bonds is 7. The Bertz CT molecular complexity index is 855. The highest BCUT2D eigenvalue weighted by atomic mass is 16.1. The number of nitrogens with zero attached hydrogens (tertiary/aromatic N) is 3. The van der Waals surface area contributed by atoms with Crippen LogP contribution >= 0.6 is 0 Å². The lowest BCUT2D eigenvalue weighted by Crippen LogP contribution is -2.15. The first-order chi connectivity index (χ1) is 12.6. The molecule has 0 bridgehead atoms. The van der Waals surface area contributed by atoms with Crippen LogP contribution in [0.1, 0.15) is 30.5 Å². The Hall–Kier alpha value is -2.95. The molecule has 0 saturated heterocycles. The van der Waals surface area contributed by atoms with Gasteiger partial charge in [0, 0.05) is 12.4 Å². The number of benzene rings is 1. The lowest BCUT2D eigenvalue weighted by atomic mass is 10.0. The second kappa shape index (κ2) is 8.43. The van der Waals surface area contributed by atoms with Crippen molar-refractivity contribution in [3.8, 4) is 0 Å². The first kappa shape index (κ1) is 17.9. The van der Waals surface area contributed by atoms with Crippen LogP contribution in [0.4, 0.5) is 5.82 Å². The molecule has 5 heteroatoms. The van der Waals surface area contributed by atoms with Gasteiger partial charge in [0.15, 0.2) is 0 Å². The third kappa shape index (κ3) is 5.28. The second-order valence-corrected chi connectivity index (χ2v) is 6.90. The third-order valence-corrected chi connectivity index (χ3v) is 3.97. The van der Waals surface area contributed by atoms with Crippen LogP contribution in [0.3, 0.4) is 0 Å². The van der Waals surface area contributed by atoms with Gasteiger partial charge in [0.1, 0.15) is 5.82 Å². The van der Waals surface area contributed by atoms with Crippen LogP contribution < -0.4 is 5.32 Å². The molecule has 1 aromatic carbocycles. The molecule has 0 aliphatic carbocycles. The molecular formula is C21H24N4O. The average molecular weight is 348 g/mol. The minimum atomic E-state index is -0.0848. The van der Waals surface area contributed by atoms with Gasteiger partial charge in [0.2, 0.25) is 5.91 Å². The summed E-state index contributed by atoms with van der Waals surface area (Å²) < 4.78 is 1.85. The molecule has 0 atom stereocenters. The summed E-state index contributed by atoms with van der Waals surface area (Å²) in [5.41, 5.74) is 3.25. The number of hydrogen-bond donors (Lipinski definition) is 1. The summed E-state index contributed by atoms with van der Waals surface area (Å²) in [4.78, 5) is 16.5. The monoisotopic (exact) mass is 348 g/mol. The maximum Gasteiger partial charge on any atom is 0.230 e. The molecule has 2 heterocycles. The van der Waals surface area contributed by atoms with Gasteiger partial charge in [-0.1, -0.05) is 44.2 Å². The van der Waals surface area contributed by atoms with E-state index in [1.165, 1.54) is 11.1 Å². The lowest BCUT2D eigenvalue weighted by molar-refractivity contribution is -0.115. The fraction of sp³-hybridized carbons (Fsp3) is 0.286. The van der Waals surface area contributed by atoms with E-state index in [9.17, 15) is 4.79 Å². The molecule has 2 aromatic heterocycles. The Morgan fingerprint density at radius 2 is 1.92 bits per heavy atom. The van der Waals surface area contributed by atoms with Crippen LogP contribution in [0, 0.1) is 5.92 Å². The maximum atomic E-state index is 12.3.